The maximum Gasteiger partial charge on any atom is 0.226 e. The van der Waals surface area contributed by atoms with Crippen molar-refractivity contribution < 1.29 is 9.26 Å². The van der Waals surface area contributed by atoms with Crippen LogP contribution in [0.2, 0.25) is 5.02 Å². The fourth-order valence-electron chi connectivity index (χ4n) is 1.82. The van der Waals surface area contributed by atoms with E-state index in [0.717, 1.165) is 25.1 Å². The van der Waals surface area contributed by atoms with E-state index in [1.807, 2.05) is 25.1 Å². The van der Waals surface area contributed by atoms with Crippen molar-refractivity contribution >= 4 is 11.6 Å². The molecule has 6 heteroatoms. The standard InChI is InChI=1S/C15H20ClN3O2/c1-3-7-17-9-11-5-6-13(12(16)8-11)20-10-14-18-15(4-2)21-19-14/h5-6,8,17H,3-4,7,9-10H2,1-2H3. The zero-order valence-corrected chi connectivity index (χ0v) is 13.1. The van der Waals surface area contributed by atoms with Crippen LogP contribution in [0, 0.1) is 0 Å². The summed E-state index contributed by atoms with van der Waals surface area (Å²) in [6.45, 7) is 6.14. The second kappa shape index (κ2) is 8.00. The summed E-state index contributed by atoms with van der Waals surface area (Å²) >= 11 is 6.22. The van der Waals surface area contributed by atoms with E-state index in [4.69, 9.17) is 20.9 Å². The predicted octanol–water partition coefficient (Wildman–Crippen LogP) is 3.36. The van der Waals surface area contributed by atoms with Gasteiger partial charge in [-0.05, 0) is 30.7 Å². The molecular formula is C15H20ClN3O2. The third-order valence-corrected chi connectivity index (χ3v) is 3.22. The predicted molar refractivity (Wildman–Crippen MR) is 81.5 cm³/mol. The summed E-state index contributed by atoms with van der Waals surface area (Å²) in [6, 6.07) is 5.77. The molecule has 2 aromatic rings. The lowest BCUT2D eigenvalue weighted by Crippen LogP contribution is -2.13. The van der Waals surface area contributed by atoms with Crippen LogP contribution in [0.3, 0.4) is 0 Å². The summed E-state index contributed by atoms with van der Waals surface area (Å²) in [5.74, 6) is 1.76. The fraction of sp³-hybridized carbons (Fsp3) is 0.467. The smallest absolute Gasteiger partial charge is 0.226 e. The number of rotatable bonds is 8. The van der Waals surface area contributed by atoms with Gasteiger partial charge in [0, 0.05) is 13.0 Å². The first-order chi connectivity index (χ1) is 10.2. The van der Waals surface area contributed by atoms with Crippen LogP contribution >= 0.6 is 11.6 Å². The summed E-state index contributed by atoms with van der Waals surface area (Å²) in [6.07, 6.45) is 1.83. The molecule has 0 bridgehead atoms. The molecule has 2 rings (SSSR count). The Morgan fingerprint density at radius 3 is 2.86 bits per heavy atom. The number of hydrogen-bond acceptors (Lipinski definition) is 5. The van der Waals surface area contributed by atoms with Gasteiger partial charge in [0.05, 0.1) is 5.02 Å². The molecule has 5 nitrogen and oxygen atoms in total. The Morgan fingerprint density at radius 1 is 1.33 bits per heavy atom. The highest BCUT2D eigenvalue weighted by molar-refractivity contribution is 6.32. The van der Waals surface area contributed by atoms with Crippen LogP contribution in [-0.2, 0) is 19.6 Å². The van der Waals surface area contributed by atoms with E-state index in [2.05, 4.69) is 22.4 Å². The van der Waals surface area contributed by atoms with Gasteiger partial charge in [-0.3, -0.25) is 0 Å². The zero-order chi connectivity index (χ0) is 15.1. The lowest BCUT2D eigenvalue weighted by molar-refractivity contribution is 0.285. The minimum Gasteiger partial charge on any atom is -0.484 e. The number of nitrogens with zero attached hydrogens (tertiary/aromatic N) is 2. The van der Waals surface area contributed by atoms with Crippen molar-refractivity contribution in [3.8, 4) is 5.75 Å². The van der Waals surface area contributed by atoms with Gasteiger partial charge >= 0.3 is 0 Å². The second-order valence-corrected chi connectivity index (χ2v) is 5.10. The molecular weight excluding hydrogens is 290 g/mol. The third-order valence-electron chi connectivity index (χ3n) is 2.92. The lowest BCUT2D eigenvalue weighted by atomic mass is 10.2. The van der Waals surface area contributed by atoms with Crippen LogP contribution in [0.4, 0.5) is 0 Å². The molecule has 0 atom stereocenters. The van der Waals surface area contributed by atoms with E-state index in [1.54, 1.807) is 0 Å². The molecule has 0 unspecified atom stereocenters. The van der Waals surface area contributed by atoms with Crippen molar-refractivity contribution in [1.29, 1.82) is 0 Å². The number of aryl methyl sites for hydroxylation is 1. The zero-order valence-electron chi connectivity index (χ0n) is 12.4. The van der Waals surface area contributed by atoms with Gasteiger partial charge in [0.25, 0.3) is 0 Å². The normalized spacial score (nSPS) is 10.8. The van der Waals surface area contributed by atoms with Gasteiger partial charge in [0.2, 0.25) is 11.7 Å². The SMILES string of the molecule is CCCNCc1ccc(OCc2noc(CC)n2)c(Cl)c1. The average molecular weight is 310 g/mol. The molecule has 1 aromatic heterocycles. The molecule has 1 N–H and O–H groups in total. The van der Waals surface area contributed by atoms with Crippen LogP contribution in [-0.4, -0.2) is 16.7 Å². The highest BCUT2D eigenvalue weighted by Crippen LogP contribution is 2.26. The van der Waals surface area contributed by atoms with Gasteiger partial charge < -0.3 is 14.6 Å². The van der Waals surface area contributed by atoms with Gasteiger partial charge in [-0.15, -0.1) is 0 Å². The Morgan fingerprint density at radius 2 is 2.19 bits per heavy atom. The number of nitrogens with one attached hydrogen (secondary N) is 1. The van der Waals surface area contributed by atoms with E-state index < -0.39 is 0 Å². The summed E-state index contributed by atoms with van der Waals surface area (Å²) in [5.41, 5.74) is 1.13. The first kappa shape index (κ1) is 15.8. The van der Waals surface area contributed by atoms with Crippen molar-refractivity contribution in [2.75, 3.05) is 6.54 Å². The Kier molecular flexibility index (Phi) is 6.02. The van der Waals surface area contributed by atoms with E-state index in [-0.39, 0.29) is 6.61 Å². The largest absolute Gasteiger partial charge is 0.484 e. The topological polar surface area (TPSA) is 60.2 Å². The number of ether oxygens (including phenoxy) is 1. The summed E-state index contributed by atoms with van der Waals surface area (Å²) in [5, 5.41) is 7.76. The minimum atomic E-state index is 0.247. The minimum absolute atomic E-state index is 0.247. The Labute approximate surface area is 129 Å². The lowest BCUT2D eigenvalue weighted by Gasteiger charge is -2.08. The van der Waals surface area contributed by atoms with Gasteiger partial charge in [-0.25, -0.2) is 0 Å². The fourth-order valence-corrected chi connectivity index (χ4v) is 2.07. The van der Waals surface area contributed by atoms with E-state index in [0.29, 0.717) is 28.9 Å². The Balaban J connectivity index is 1.91. The number of aromatic nitrogens is 2. The van der Waals surface area contributed by atoms with Crippen LogP contribution in [0.15, 0.2) is 22.7 Å². The summed E-state index contributed by atoms with van der Waals surface area (Å²) in [4.78, 5) is 4.19. The number of hydrogen-bond donors (Lipinski definition) is 1. The van der Waals surface area contributed by atoms with Gasteiger partial charge in [0.15, 0.2) is 6.61 Å². The van der Waals surface area contributed by atoms with Gasteiger partial charge in [-0.1, -0.05) is 36.7 Å². The molecule has 0 radical (unpaired) electrons. The van der Waals surface area contributed by atoms with Crippen molar-refractivity contribution in [3.63, 3.8) is 0 Å². The van der Waals surface area contributed by atoms with Crippen LogP contribution < -0.4 is 10.1 Å². The third kappa shape index (κ3) is 4.72. The second-order valence-electron chi connectivity index (χ2n) is 4.69. The molecule has 1 aromatic carbocycles. The van der Waals surface area contributed by atoms with Crippen molar-refractivity contribution in [2.45, 2.75) is 39.8 Å². The van der Waals surface area contributed by atoms with Crippen LogP contribution in [0.5, 0.6) is 5.75 Å². The molecule has 0 saturated heterocycles. The van der Waals surface area contributed by atoms with Crippen LogP contribution in [0.25, 0.3) is 0 Å². The molecule has 1 heterocycles. The van der Waals surface area contributed by atoms with E-state index >= 15 is 0 Å². The monoisotopic (exact) mass is 309 g/mol. The molecule has 21 heavy (non-hydrogen) atoms. The molecule has 114 valence electrons. The maximum absolute atomic E-state index is 6.22. The highest BCUT2D eigenvalue weighted by atomic mass is 35.5. The van der Waals surface area contributed by atoms with Crippen molar-refractivity contribution in [1.82, 2.24) is 15.5 Å². The van der Waals surface area contributed by atoms with Gasteiger partial charge in [-0.2, -0.15) is 4.98 Å². The first-order valence-electron chi connectivity index (χ1n) is 7.16. The Hall–Kier alpha value is -1.59. The Bertz CT molecular complexity index is 572. The first-order valence-corrected chi connectivity index (χ1v) is 7.54. The highest BCUT2D eigenvalue weighted by Gasteiger charge is 2.08. The van der Waals surface area contributed by atoms with Crippen molar-refractivity contribution in [2.24, 2.45) is 0 Å². The molecule has 0 saturated carbocycles. The molecule has 0 amide bonds. The molecule has 0 spiro atoms. The average Bonchev–Trinajstić information content (AvgIpc) is 2.95. The van der Waals surface area contributed by atoms with Crippen LogP contribution in [0.1, 0.15) is 37.5 Å². The number of benzene rings is 1. The van der Waals surface area contributed by atoms with Crippen molar-refractivity contribution in [3.05, 3.63) is 40.5 Å². The number of halogens is 1. The molecule has 0 aliphatic carbocycles. The summed E-state index contributed by atoms with van der Waals surface area (Å²) in [7, 11) is 0. The summed E-state index contributed by atoms with van der Waals surface area (Å²) < 4.78 is 10.6. The molecule has 0 fully saturated rings. The molecule has 0 aliphatic rings. The van der Waals surface area contributed by atoms with E-state index in [9.17, 15) is 0 Å². The van der Waals surface area contributed by atoms with Gasteiger partial charge in [0.1, 0.15) is 5.75 Å². The maximum atomic E-state index is 6.22. The quantitative estimate of drug-likeness (QED) is 0.758. The molecule has 0 aliphatic heterocycles. The van der Waals surface area contributed by atoms with E-state index in [1.165, 1.54) is 0 Å².